The van der Waals surface area contributed by atoms with E-state index in [9.17, 15) is 4.79 Å². The Morgan fingerprint density at radius 1 is 1.36 bits per heavy atom. The van der Waals surface area contributed by atoms with Gasteiger partial charge in [0, 0.05) is 12.3 Å². The second-order valence-electron chi connectivity index (χ2n) is 6.06. The van der Waals surface area contributed by atoms with E-state index in [4.69, 9.17) is 0 Å². The van der Waals surface area contributed by atoms with Crippen molar-refractivity contribution in [2.45, 2.75) is 53.4 Å². The van der Waals surface area contributed by atoms with Crippen LogP contribution in [0.3, 0.4) is 0 Å². The van der Waals surface area contributed by atoms with Crippen LogP contribution in [0.1, 0.15) is 53.4 Å². The van der Waals surface area contributed by atoms with E-state index in [-0.39, 0.29) is 0 Å². The smallest absolute Gasteiger partial charge is 0.136 e. The Labute approximate surface area is 87.3 Å². The van der Waals surface area contributed by atoms with Gasteiger partial charge in [-0.3, -0.25) is 4.79 Å². The van der Waals surface area contributed by atoms with E-state index >= 15 is 0 Å². The minimum absolute atomic E-state index is 0.383. The highest BCUT2D eigenvalue weighted by molar-refractivity contribution is 5.81. The molecule has 0 saturated heterocycles. The summed E-state index contributed by atoms with van der Waals surface area (Å²) in [4.78, 5) is 11.8. The quantitative estimate of drug-likeness (QED) is 0.658. The first kappa shape index (κ1) is 10.2. The molecule has 2 fully saturated rings. The first-order valence-corrected chi connectivity index (χ1v) is 5.95. The molecule has 0 aromatic carbocycles. The molecule has 2 aliphatic carbocycles. The van der Waals surface area contributed by atoms with Crippen LogP contribution in [0.15, 0.2) is 0 Å². The van der Waals surface area contributed by atoms with Crippen molar-refractivity contribution >= 4 is 5.78 Å². The second-order valence-corrected chi connectivity index (χ2v) is 6.06. The van der Waals surface area contributed by atoms with E-state index in [1.165, 1.54) is 12.8 Å². The summed E-state index contributed by atoms with van der Waals surface area (Å²) in [5, 5.41) is 0. The van der Waals surface area contributed by atoms with Crippen LogP contribution in [0.5, 0.6) is 0 Å². The Kier molecular flexibility index (Phi) is 2.06. The van der Waals surface area contributed by atoms with E-state index in [0.717, 1.165) is 12.8 Å². The predicted molar refractivity (Wildman–Crippen MR) is 58.0 cm³/mol. The van der Waals surface area contributed by atoms with Gasteiger partial charge in [0.15, 0.2) is 0 Å². The molecule has 0 spiro atoms. The van der Waals surface area contributed by atoms with E-state index in [1.807, 2.05) is 6.92 Å². The van der Waals surface area contributed by atoms with Crippen LogP contribution < -0.4 is 0 Å². The van der Waals surface area contributed by atoms with E-state index in [1.54, 1.807) is 0 Å². The van der Waals surface area contributed by atoms with Gasteiger partial charge in [0.1, 0.15) is 5.78 Å². The first-order valence-electron chi connectivity index (χ1n) is 5.95. The minimum Gasteiger partial charge on any atom is -0.299 e. The van der Waals surface area contributed by atoms with Gasteiger partial charge in [0.25, 0.3) is 0 Å². The van der Waals surface area contributed by atoms with Gasteiger partial charge < -0.3 is 0 Å². The number of hydrogen-bond acceptors (Lipinski definition) is 1. The van der Waals surface area contributed by atoms with Crippen LogP contribution in [0.2, 0.25) is 0 Å². The molecule has 80 valence electrons. The molecule has 0 aliphatic heterocycles. The maximum Gasteiger partial charge on any atom is 0.136 e. The van der Waals surface area contributed by atoms with Gasteiger partial charge in [-0.1, -0.05) is 27.7 Å². The van der Waals surface area contributed by atoms with E-state index in [2.05, 4.69) is 20.8 Å². The molecule has 0 aromatic rings. The van der Waals surface area contributed by atoms with Crippen molar-refractivity contribution in [2.75, 3.05) is 0 Å². The highest BCUT2D eigenvalue weighted by Crippen LogP contribution is 2.67. The highest BCUT2D eigenvalue weighted by atomic mass is 16.1. The van der Waals surface area contributed by atoms with Gasteiger partial charge in [0.2, 0.25) is 0 Å². The van der Waals surface area contributed by atoms with Crippen molar-refractivity contribution in [3.63, 3.8) is 0 Å². The number of hydrogen-bond donors (Lipinski definition) is 0. The number of ketones is 1. The summed E-state index contributed by atoms with van der Waals surface area (Å²) < 4.78 is 0. The Balaban J connectivity index is 2.27. The lowest BCUT2D eigenvalue weighted by molar-refractivity contribution is -0.124. The second kappa shape index (κ2) is 2.84. The van der Waals surface area contributed by atoms with Crippen molar-refractivity contribution in [3.8, 4) is 0 Å². The fourth-order valence-corrected chi connectivity index (χ4v) is 3.90. The van der Waals surface area contributed by atoms with Crippen molar-refractivity contribution in [2.24, 2.45) is 22.7 Å². The highest BCUT2D eigenvalue weighted by Gasteiger charge is 2.61. The Bertz CT molecular complexity index is 264. The standard InChI is InChI=1S/C13H22O/c1-5-11(14)9-8-13(4)7-6-10(9)12(13,2)3/h9-10H,5-8H2,1-4H3/t9-,10-,13-/m1/s1. The van der Waals surface area contributed by atoms with Crippen LogP contribution in [0.25, 0.3) is 0 Å². The summed E-state index contributed by atoms with van der Waals surface area (Å²) in [5.41, 5.74) is 0.829. The lowest BCUT2D eigenvalue weighted by Crippen LogP contribution is -2.26. The van der Waals surface area contributed by atoms with Crippen molar-refractivity contribution < 1.29 is 4.79 Å². The molecule has 3 atom stereocenters. The van der Waals surface area contributed by atoms with Crippen molar-refractivity contribution in [1.82, 2.24) is 0 Å². The monoisotopic (exact) mass is 194 g/mol. The normalized spacial score (nSPS) is 44.3. The summed E-state index contributed by atoms with van der Waals surface area (Å²) in [5.74, 6) is 1.56. The third kappa shape index (κ3) is 1.04. The fourth-order valence-electron chi connectivity index (χ4n) is 3.90. The summed E-state index contributed by atoms with van der Waals surface area (Å²) in [6.45, 7) is 9.13. The molecule has 2 aliphatic rings. The SMILES string of the molecule is CCC(=O)[C@@H]1C[C@@]2(C)CC[C@H]1C2(C)C. The zero-order valence-corrected chi connectivity index (χ0v) is 9.89. The third-order valence-electron chi connectivity index (χ3n) is 5.41. The molecule has 14 heavy (non-hydrogen) atoms. The molecule has 0 aromatic heterocycles. The average molecular weight is 194 g/mol. The summed E-state index contributed by atoms with van der Waals surface area (Å²) in [6.07, 6.45) is 4.49. The van der Waals surface area contributed by atoms with Crippen LogP contribution in [0.4, 0.5) is 0 Å². The van der Waals surface area contributed by atoms with Gasteiger partial charge in [-0.25, -0.2) is 0 Å². The van der Waals surface area contributed by atoms with Crippen molar-refractivity contribution in [1.29, 1.82) is 0 Å². The lowest BCUT2D eigenvalue weighted by atomic mass is 9.71. The molecule has 1 heteroatoms. The van der Waals surface area contributed by atoms with Crippen molar-refractivity contribution in [3.05, 3.63) is 0 Å². The molecule has 2 rings (SSSR count). The van der Waals surface area contributed by atoms with Crippen LogP contribution in [-0.4, -0.2) is 5.78 Å². The minimum atomic E-state index is 0.383. The summed E-state index contributed by atoms with van der Waals surface area (Å²) in [7, 11) is 0. The number of fused-ring (bicyclic) bond motifs is 2. The largest absolute Gasteiger partial charge is 0.299 e. The molecule has 2 bridgehead atoms. The molecule has 0 N–H and O–H groups in total. The van der Waals surface area contributed by atoms with Crippen LogP contribution in [-0.2, 0) is 4.79 Å². The van der Waals surface area contributed by atoms with Gasteiger partial charge >= 0.3 is 0 Å². The molecule has 2 saturated carbocycles. The van der Waals surface area contributed by atoms with Gasteiger partial charge in [0.05, 0.1) is 0 Å². The van der Waals surface area contributed by atoms with Gasteiger partial charge in [-0.2, -0.15) is 0 Å². The number of rotatable bonds is 2. The Morgan fingerprint density at radius 3 is 2.36 bits per heavy atom. The van der Waals surface area contributed by atoms with Crippen LogP contribution in [0, 0.1) is 22.7 Å². The number of carbonyl (C=O) groups excluding carboxylic acids is 1. The molecule has 0 amide bonds. The van der Waals surface area contributed by atoms with Gasteiger partial charge in [-0.15, -0.1) is 0 Å². The topological polar surface area (TPSA) is 17.1 Å². The molecular formula is C13H22O. The molecule has 1 nitrogen and oxygen atoms in total. The third-order valence-corrected chi connectivity index (χ3v) is 5.41. The Hall–Kier alpha value is -0.330. The summed E-state index contributed by atoms with van der Waals surface area (Å²) >= 11 is 0. The maximum atomic E-state index is 11.8. The molecule has 0 radical (unpaired) electrons. The van der Waals surface area contributed by atoms with Gasteiger partial charge in [-0.05, 0) is 36.0 Å². The number of Topliss-reactive ketones (excluding diaryl/α,β-unsaturated/α-hetero) is 1. The lowest BCUT2D eigenvalue weighted by Gasteiger charge is -2.34. The maximum absolute atomic E-state index is 11.8. The number of carbonyl (C=O) groups is 1. The average Bonchev–Trinajstić information content (AvgIpc) is 2.47. The molecular weight excluding hydrogens is 172 g/mol. The first-order chi connectivity index (χ1) is 6.42. The summed E-state index contributed by atoms with van der Waals surface area (Å²) in [6, 6.07) is 0. The fraction of sp³-hybridized carbons (Fsp3) is 0.923. The van der Waals surface area contributed by atoms with E-state index < -0.39 is 0 Å². The molecule has 0 unspecified atom stereocenters. The Morgan fingerprint density at radius 2 is 2.00 bits per heavy atom. The van der Waals surface area contributed by atoms with Crippen LogP contribution >= 0.6 is 0 Å². The predicted octanol–water partition coefficient (Wildman–Crippen LogP) is 3.43. The zero-order valence-electron chi connectivity index (χ0n) is 9.89. The molecule has 0 heterocycles. The van der Waals surface area contributed by atoms with E-state index in [0.29, 0.717) is 28.4 Å². The zero-order chi connectivity index (χ0) is 10.6.